The third-order valence-corrected chi connectivity index (χ3v) is 1.93. The molecule has 0 saturated heterocycles. The fraction of sp³-hybridized carbons (Fsp3) is 0.800. The summed E-state index contributed by atoms with van der Waals surface area (Å²) in [7, 11) is 0. The quantitative estimate of drug-likeness (QED) is 0.625. The van der Waals surface area contributed by atoms with Gasteiger partial charge >= 0.3 is 12.0 Å². The van der Waals surface area contributed by atoms with Gasteiger partial charge in [-0.3, -0.25) is 4.79 Å². The molecule has 0 aliphatic carbocycles. The first-order valence-electron chi connectivity index (χ1n) is 5.19. The first-order chi connectivity index (χ1) is 7.28. The molecule has 0 saturated carbocycles. The van der Waals surface area contributed by atoms with Gasteiger partial charge in [-0.25, -0.2) is 4.79 Å². The molecule has 0 aromatic rings. The molecule has 94 valence electrons. The maximum absolute atomic E-state index is 11.3. The number of nitrogens with one attached hydrogen (secondary N) is 2. The normalized spacial score (nSPS) is 13.0. The van der Waals surface area contributed by atoms with Gasteiger partial charge in [0.25, 0.3) is 0 Å². The van der Waals surface area contributed by atoms with Crippen molar-refractivity contribution in [2.24, 2.45) is 0 Å². The van der Waals surface area contributed by atoms with E-state index in [1.165, 1.54) is 6.92 Å². The van der Waals surface area contributed by atoms with E-state index in [4.69, 9.17) is 9.84 Å². The minimum Gasteiger partial charge on any atom is -0.480 e. The van der Waals surface area contributed by atoms with E-state index in [0.29, 0.717) is 13.2 Å². The SMILES string of the molecule is CCOC(C)(C)CNC(=O)NC(C)C(=O)O. The second kappa shape index (κ2) is 6.32. The number of ether oxygens (including phenoxy) is 1. The van der Waals surface area contributed by atoms with Gasteiger partial charge in [0, 0.05) is 13.2 Å². The Labute approximate surface area is 95.4 Å². The lowest BCUT2D eigenvalue weighted by Crippen LogP contribution is -2.48. The predicted molar refractivity (Wildman–Crippen MR) is 59.3 cm³/mol. The lowest BCUT2D eigenvalue weighted by molar-refractivity contribution is -0.138. The van der Waals surface area contributed by atoms with Crippen molar-refractivity contribution in [3.05, 3.63) is 0 Å². The summed E-state index contributed by atoms with van der Waals surface area (Å²) in [5.74, 6) is -1.07. The minimum atomic E-state index is -1.07. The highest BCUT2D eigenvalue weighted by Gasteiger charge is 2.20. The number of carbonyl (C=O) groups is 2. The van der Waals surface area contributed by atoms with Crippen LogP contribution in [0.25, 0.3) is 0 Å². The van der Waals surface area contributed by atoms with Crippen molar-refractivity contribution < 1.29 is 19.4 Å². The Morgan fingerprint density at radius 3 is 2.44 bits per heavy atom. The van der Waals surface area contributed by atoms with Crippen LogP contribution in [0, 0.1) is 0 Å². The first kappa shape index (κ1) is 14.7. The fourth-order valence-corrected chi connectivity index (χ4v) is 1.04. The second-order valence-corrected chi connectivity index (χ2v) is 4.08. The summed E-state index contributed by atoms with van der Waals surface area (Å²) in [5.41, 5.74) is -0.460. The number of carboxylic acid groups (broad SMARTS) is 1. The van der Waals surface area contributed by atoms with E-state index in [0.717, 1.165) is 0 Å². The molecule has 0 heterocycles. The zero-order valence-corrected chi connectivity index (χ0v) is 10.2. The van der Waals surface area contributed by atoms with Crippen LogP contribution >= 0.6 is 0 Å². The van der Waals surface area contributed by atoms with Crippen LogP contribution in [0.3, 0.4) is 0 Å². The van der Waals surface area contributed by atoms with Crippen molar-refractivity contribution >= 4 is 12.0 Å². The molecule has 0 aliphatic heterocycles. The zero-order valence-electron chi connectivity index (χ0n) is 10.2. The molecule has 0 aromatic carbocycles. The highest BCUT2D eigenvalue weighted by molar-refractivity contribution is 5.82. The Morgan fingerprint density at radius 2 is 2.00 bits per heavy atom. The molecule has 6 heteroatoms. The van der Waals surface area contributed by atoms with E-state index in [-0.39, 0.29) is 0 Å². The molecular weight excluding hydrogens is 212 g/mol. The molecule has 2 amide bonds. The van der Waals surface area contributed by atoms with E-state index in [9.17, 15) is 9.59 Å². The van der Waals surface area contributed by atoms with Crippen molar-refractivity contribution in [2.75, 3.05) is 13.2 Å². The largest absolute Gasteiger partial charge is 0.480 e. The number of hydrogen-bond donors (Lipinski definition) is 3. The molecule has 0 spiro atoms. The van der Waals surface area contributed by atoms with Crippen molar-refractivity contribution in [2.45, 2.75) is 39.3 Å². The summed E-state index contributed by atoms with van der Waals surface area (Å²) in [4.78, 5) is 21.7. The average molecular weight is 232 g/mol. The van der Waals surface area contributed by atoms with Gasteiger partial charge in [-0.2, -0.15) is 0 Å². The monoisotopic (exact) mass is 232 g/mol. The Kier molecular flexibility index (Phi) is 5.81. The molecule has 0 aromatic heterocycles. The molecule has 0 rings (SSSR count). The van der Waals surface area contributed by atoms with Gasteiger partial charge < -0.3 is 20.5 Å². The summed E-state index contributed by atoms with van der Waals surface area (Å²) in [5, 5.41) is 13.4. The van der Waals surface area contributed by atoms with Crippen molar-refractivity contribution in [3.8, 4) is 0 Å². The molecule has 0 fully saturated rings. The van der Waals surface area contributed by atoms with Gasteiger partial charge in [-0.1, -0.05) is 0 Å². The van der Waals surface area contributed by atoms with Gasteiger partial charge in [0.15, 0.2) is 0 Å². The number of urea groups is 1. The van der Waals surface area contributed by atoms with E-state index < -0.39 is 23.6 Å². The van der Waals surface area contributed by atoms with Crippen LogP contribution < -0.4 is 10.6 Å². The summed E-state index contributed by atoms with van der Waals surface area (Å²) in [6, 6.07) is -1.42. The molecule has 0 radical (unpaired) electrons. The van der Waals surface area contributed by atoms with Gasteiger partial charge in [-0.05, 0) is 27.7 Å². The standard InChI is InChI=1S/C10H20N2O4/c1-5-16-10(3,4)6-11-9(15)12-7(2)8(13)14/h7H,5-6H2,1-4H3,(H,13,14)(H2,11,12,15). The van der Waals surface area contributed by atoms with Crippen molar-refractivity contribution in [3.63, 3.8) is 0 Å². The Balaban J connectivity index is 3.94. The van der Waals surface area contributed by atoms with Gasteiger partial charge in [-0.15, -0.1) is 0 Å². The fourth-order valence-electron chi connectivity index (χ4n) is 1.04. The Morgan fingerprint density at radius 1 is 1.44 bits per heavy atom. The number of carbonyl (C=O) groups excluding carboxylic acids is 1. The predicted octanol–water partition coefficient (Wildman–Crippen LogP) is 0.574. The van der Waals surface area contributed by atoms with Gasteiger partial charge in [0.05, 0.1) is 5.60 Å². The van der Waals surface area contributed by atoms with Crippen molar-refractivity contribution in [1.29, 1.82) is 0 Å². The highest BCUT2D eigenvalue weighted by atomic mass is 16.5. The third kappa shape index (κ3) is 6.23. The summed E-state index contributed by atoms with van der Waals surface area (Å²) < 4.78 is 5.37. The zero-order chi connectivity index (χ0) is 12.8. The Bertz CT molecular complexity index is 253. The van der Waals surface area contributed by atoms with Crippen LogP contribution in [-0.2, 0) is 9.53 Å². The van der Waals surface area contributed by atoms with E-state index in [2.05, 4.69) is 10.6 Å². The molecule has 1 unspecified atom stereocenters. The number of aliphatic carboxylic acids is 1. The summed E-state index contributed by atoms with van der Waals surface area (Å²) in [6.45, 7) is 7.83. The van der Waals surface area contributed by atoms with Crippen LogP contribution in [0.4, 0.5) is 4.79 Å². The number of carboxylic acids is 1. The molecular formula is C10H20N2O4. The molecule has 1 atom stereocenters. The first-order valence-corrected chi connectivity index (χ1v) is 5.19. The number of hydrogen-bond acceptors (Lipinski definition) is 3. The van der Waals surface area contributed by atoms with E-state index in [1.54, 1.807) is 0 Å². The Hall–Kier alpha value is -1.30. The average Bonchev–Trinajstić information content (AvgIpc) is 2.14. The second-order valence-electron chi connectivity index (χ2n) is 4.08. The van der Waals surface area contributed by atoms with Crippen LogP contribution in [0.1, 0.15) is 27.7 Å². The molecule has 16 heavy (non-hydrogen) atoms. The summed E-state index contributed by atoms with van der Waals surface area (Å²) in [6.07, 6.45) is 0. The van der Waals surface area contributed by atoms with Crippen LogP contribution in [0.15, 0.2) is 0 Å². The molecule has 6 nitrogen and oxygen atoms in total. The smallest absolute Gasteiger partial charge is 0.325 e. The summed E-state index contributed by atoms with van der Waals surface area (Å²) >= 11 is 0. The highest BCUT2D eigenvalue weighted by Crippen LogP contribution is 2.06. The van der Waals surface area contributed by atoms with Crippen LogP contribution in [0.2, 0.25) is 0 Å². The number of rotatable bonds is 6. The van der Waals surface area contributed by atoms with E-state index in [1.807, 2.05) is 20.8 Å². The molecule has 0 bridgehead atoms. The maximum Gasteiger partial charge on any atom is 0.325 e. The third-order valence-electron chi connectivity index (χ3n) is 1.93. The molecule has 0 aliphatic rings. The lowest BCUT2D eigenvalue weighted by Gasteiger charge is -2.25. The minimum absolute atomic E-state index is 0.318. The van der Waals surface area contributed by atoms with Crippen LogP contribution in [-0.4, -0.2) is 41.9 Å². The molecule has 3 N–H and O–H groups in total. The van der Waals surface area contributed by atoms with Gasteiger partial charge in [0.1, 0.15) is 6.04 Å². The lowest BCUT2D eigenvalue weighted by atomic mass is 10.1. The van der Waals surface area contributed by atoms with E-state index >= 15 is 0 Å². The van der Waals surface area contributed by atoms with Gasteiger partial charge in [0.2, 0.25) is 0 Å². The maximum atomic E-state index is 11.3. The topological polar surface area (TPSA) is 87.7 Å². The number of amides is 2. The van der Waals surface area contributed by atoms with Crippen LogP contribution in [0.5, 0.6) is 0 Å². The van der Waals surface area contributed by atoms with Crippen molar-refractivity contribution in [1.82, 2.24) is 10.6 Å².